The van der Waals surface area contributed by atoms with Crippen molar-refractivity contribution in [2.24, 2.45) is 0 Å². The highest BCUT2D eigenvalue weighted by molar-refractivity contribution is 7.92. The van der Waals surface area contributed by atoms with Crippen molar-refractivity contribution < 1.29 is 18.0 Å². The van der Waals surface area contributed by atoms with E-state index in [4.69, 9.17) is 0 Å². The highest BCUT2D eigenvalue weighted by Crippen LogP contribution is 2.31. The molecule has 8 heteroatoms. The molecular weight excluding hydrogens is 390 g/mol. The highest BCUT2D eigenvalue weighted by Gasteiger charge is 2.30. The number of carbonyl (C=O) groups excluding carboxylic acids is 2. The third kappa shape index (κ3) is 3.85. The largest absolute Gasteiger partial charge is 0.364 e. The molecule has 1 saturated carbocycles. The predicted octanol–water partition coefficient (Wildman–Crippen LogP) is 3.04. The number of rotatable bonds is 4. The Morgan fingerprint density at radius 1 is 1.14 bits per heavy atom. The van der Waals surface area contributed by atoms with Crippen LogP contribution in [0.25, 0.3) is 0 Å². The van der Waals surface area contributed by atoms with Crippen LogP contribution in [0.1, 0.15) is 36.0 Å². The molecule has 0 radical (unpaired) electrons. The van der Waals surface area contributed by atoms with E-state index in [0.717, 1.165) is 18.5 Å². The van der Waals surface area contributed by atoms with Gasteiger partial charge in [0.05, 0.1) is 28.1 Å². The number of hydrogen-bond donors (Lipinski definition) is 2. The maximum absolute atomic E-state index is 12.8. The number of likely N-dealkylation sites (N-methyl/N-ethyl adjacent to an activating group) is 1. The fraction of sp³-hybridized carbons (Fsp3) is 0.333. The van der Waals surface area contributed by atoms with Crippen LogP contribution in [0.5, 0.6) is 0 Å². The summed E-state index contributed by atoms with van der Waals surface area (Å²) in [6.45, 7) is 0.265. The summed E-state index contributed by atoms with van der Waals surface area (Å²) in [6.07, 6.45) is 3.25. The molecule has 29 heavy (non-hydrogen) atoms. The van der Waals surface area contributed by atoms with Gasteiger partial charge in [0.15, 0.2) is 9.84 Å². The number of fused-ring (bicyclic) bond motifs is 1. The van der Waals surface area contributed by atoms with E-state index in [1.165, 1.54) is 6.07 Å². The molecule has 4 rings (SSSR count). The summed E-state index contributed by atoms with van der Waals surface area (Å²) in [4.78, 5) is 26.5. The van der Waals surface area contributed by atoms with E-state index in [-0.39, 0.29) is 28.5 Å². The monoisotopic (exact) mass is 413 g/mol. The van der Waals surface area contributed by atoms with Gasteiger partial charge in [-0.1, -0.05) is 18.9 Å². The molecule has 1 heterocycles. The lowest BCUT2D eigenvalue weighted by molar-refractivity contribution is -0.115. The Bertz CT molecular complexity index is 1080. The second-order valence-electron chi connectivity index (χ2n) is 7.57. The van der Waals surface area contributed by atoms with Gasteiger partial charge in [-0.25, -0.2) is 8.42 Å². The molecule has 2 aliphatic rings. The van der Waals surface area contributed by atoms with Crippen LogP contribution >= 0.6 is 0 Å². The fourth-order valence-corrected chi connectivity index (χ4v) is 5.84. The Morgan fingerprint density at radius 2 is 1.90 bits per heavy atom. The molecule has 2 aromatic carbocycles. The molecule has 0 unspecified atom stereocenters. The van der Waals surface area contributed by atoms with Crippen molar-refractivity contribution in [2.45, 2.75) is 35.8 Å². The number of carbonyl (C=O) groups is 2. The average molecular weight is 413 g/mol. The van der Waals surface area contributed by atoms with Crippen LogP contribution < -0.4 is 15.5 Å². The molecule has 1 fully saturated rings. The molecule has 0 spiro atoms. The zero-order chi connectivity index (χ0) is 20.6. The molecule has 2 amide bonds. The van der Waals surface area contributed by atoms with Crippen LogP contribution in [0.15, 0.2) is 47.4 Å². The van der Waals surface area contributed by atoms with Gasteiger partial charge in [-0.15, -0.1) is 0 Å². The first-order chi connectivity index (χ1) is 13.8. The normalized spacial score (nSPS) is 17.0. The number of nitrogens with one attached hydrogen (secondary N) is 2. The quantitative estimate of drug-likeness (QED) is 0.803. The van der Waals surface area contributed by atoms with Gasteiger partial charge in [-0.2, -0.15) is 0 Å². The van der Waals surface area contributed by atoms with Crippen LogP contribution in [0.3, 0.4) is 0 Å². The number of hydrogen-bond acceptors (Lipinski definition) is 5. The SMILES string of the molecule is CN1CC(=O)Nc2cc(C(=O)Nc3cccc(S(=O)(=O)C4CCCC4)c3)ccc21. The zero-order valence-electron chi connectivity index (χ0n) is 16.1. The third-order valence-electron chi connectivity index (χ3n) is 5.49. The predicted molar refractivity (Wildman–Crippen MR) is 112 cm³/mol. The maximum Gasteiger partial charge on any atom is 0.255 e. The molecule has 1 aliphatic heterocycles. The zero-order valence-corrected chi connectivity index (χ0v) is 17.0. The smallest absolute Gasteiger partial charge is 0.255 e. The van der Waals surface area contributed by atoms with Gasteiger partial charge in [-0.05, 0) is 49.2 Å². The minimum atomic E-state index is -3.39. The van der Waals surface area contributed by atoms with Crippen molar-refractivity contribution in [3.63, 3.8) is 0 Å². The Labute approximate surface area is 170 Å². The number of anilines is 3. The minimum Gasteiger partial charge on any atom is -0.364 e. The molecule has 152 valence electrons. The number of amides is 2. The summed E-state index contributed by atoms with van der Waals surface area (Å²) in [5.41, 5.74) is 2.22. The Morgan fingerprint density at radius 3 is 2.66 bits per heavy atom. The van der Waals surface area contributed by atoms with E-state index in [1.54, 1.807) is 36.4 Å². The topological polar surface area (TPSA) is 95.6 Å². The number of sulfone groups is 1. The third-order valence-corrected chi connectivity index (χ3v) is 7.75. The molecule has 0 aromatic heterocycles. The van der Waals surface area contributed by atoms with Crippen LogP contribution in [-0.2, 0) is 14.6 Å². The van der Waals surface area contributed by atoms with E-state index in [0.29, 0.717) is 29.8 Å². The first-order valence-corrected chi connectivity index (χ1v) is 11.2. The van der Waals surface area contributed by atoms with Crippen LogP contribution in [0.4, 0.5) is 17.1 Å². The second kappa shape index (κ2) is 7.51. The molecule has 0 bridgehead atoms. The summed E-state index contributed by atoms with van der Waals surface area (Å²) in [7, 11) is -1.58. The summed E-state index contributed by atoms with van der Waals surface area (Å²) in [5.74, 6) is -0.506. The Hall–Kier alpha value is -2.87. The highest BCUT2D eigenvalue weighted by atomic mass is 32.2. The first kappa shape index (κ1) is 19.4. The summed E-state index contributed by atoms with van der Waals surface area (Å²) in [6, 6.07) is 11.5. The van der Waals surface area contributed by atoms with Crippen LogP contribution in [0.2, 0.25) is 0 Å². The summed E-state index contributed by atoms with van der Waals surface area (Å²) in [5, 5.41) is 5.19. The average Bonchev–Trinajstić information content (AvgIpc) is 3.23. The first-order valence-electron chi connectivity index (χ1n) is 9.65. The van der Waals surface area contributed by atoms with Gasteiger partial charge in [0.1, 0.15) is 0 Å². The van der Waals surface area contributed by atoms with Crippen molar-refractivity contribution >= 4 is 38.7 Å². The van der Waals surface area contributed by atoms with E-state index >= 15 is 0 Å². The van der Waals surface area contributed by atoms with E-state index < -0.39 is 9.84 Å². The van der Waals surface area contributed by atoms with Gasteiger partial charge in [0, 0.05) is 18.3 Å². The van der Waals surface area contributed by atoms with Crippen LogP contribution in [0, 0.1) is 0 Å². The number of nitrogens with zero attached hydrogens (tertiary/aromatic N) is 1. The van der Waals surface area contributed by atoms with Crippen molar-refractivity contribution in [1.29, 1.82) is 0 Å². The summed E-state index contributed by atoms with van der Waals surface area (Å²) >= 11 is 0. The standard InChI is InChI=1S/C21H23N3O4S/c1-24-13-20(25)23-18-11-14(9-10-19(18)24)21(26)22-15-5-4-8-17(12-15)29(27,28)16-6-2-3-7-16/h4-5,8-12,16H,2-3,6-7,13H2,1H3,(H,22,26)(H,23,25). The molecule has 7 nitrogen and oxygen atoms in total. The second-order valence-corrected chi connectivity index (χ2v) is 9.80. The molecule has 2 N–H and O–H groups in total. The number of benzene rings is 2. The molecule has 1 aliphatic carbocycles. The lowest BCUT2D eigenvalue weighted by Crippen LogP contribution is -2.35. The molecule has 0 saturated heterocycles. The van der Waals surface area contributed by atoms with Crippen molar-refractivity contribution in [3.05, 3.63) is 48.0 Å². The van der Waals surface area contributed by atoms with Crippen molar-refractivity contribution in [2.75, 3.05) is 29.1 Å². The molecule has 2 aromatic rings. The Balaban J connectivity index is 1.55. The molecular formula is C21H23N3O4S. The van der Waals surface area contributed by atoms with Crippen molar-refractivity contribution in [3.8, 4) is 0 Å². The van der Waals surface area contributed by atoms with Gasteiger partial charge in [-0.3, -0.25) is 9.59 Å². The van der Waals surface area contributed by atoms with Crippen LogP contribution in [-0.4, -0.2) is 39.1 Å². The van der Waals surface area contributed by atoms with E-state index in [1.807, 2.05) is 11.9 Å². The van der Waals surface area contributed by atoms with Gasteiger partial charge in [0.2, 0.25) is 5.91 Å². The summed E-state index contributed by atoms with van der Waals surface area (Å²) < 4.78 is 25.6. The lowest BCUT2D eigenvalue weighted by Gasteiger charge is -2.27. The fourth-order valence-electron chi connectivity index (χ4n) is 3.95. The van der Waals surface area contributed by atoms with Gasteiger partial charge < -0.3 is 15.5 Å². The van der Waals surface area contributed by atoms with Gasteiger partial charge >= 0.3 is 0 Å². The minimum absolute atomic E-state index is 0.137. The van der Waals surface area contributed by atoms with E-state index in [9.17, 15) is 18.0 Å². The van der Waals surface area contributed by atoms with Crippen molar-refractivity contribution in [1.82, 2.24) is 0 Å². The lowest BCUT2D eigenvalue weighted by atomic mass is 10.1. The Kier molecular flexibility index (Phi) is 5.04. The molecule has 0 atom stereocenters. The van der Waals surface area contributed by atoms with Gasteiger partial charge in [0.25, 0.3) is 5.91 Å². The van der Waals surface area contributed by atoms with E-state index in [2.05, 4.69) is 10.6 Å². The maximum atomic E-state index is 12.8.